The lowest BCUT2D eigenvalue weighted by atomic mass is 9.90. The van der Waals surface area contributed by atoms with Crippen LogP contribution < -0.4 is 5.32 Å². The zero-order valence-electron chi connectivity index (χ0n) is 16.1. The van der Waals surface area contributed by atoms with E-state index in [9.17, 15) is 9.59 Å². The van der Waals surface area contributed by atoms with Crippen LogP contribution in [0.3, 0.4) is 0 Å². The Morgan fingerprint density at radius 1 is 1.10 bits per heavy atom. The highest BCUT2D eigenvalue weighted by molar-refractivity contribution is 6.30. The molecule has 0 aliphatic heterocycles. The summed E-state index contributed by atoms with van der Waals surface area (Å²) < 4.78 is 5.56. The first kappa shape index (κ1) is 19.4. The van der Waals surface area contributed by atoms with E-state index in [1.807, 2.05) is 24.3 Å². The number of ether oxygens (including phenoxy) is 1. The Kier molecular flexibility index (Phi) is 5.49. The molecule has 29 heavy (non-hydrogen) atoms. The summed E-state index contributed by atoms with van der Waals surface area (Å²) in [4.78, 5) is 30.3. The summed E-state index contributed by atoms with van der Waals surface area (Å²) in [6, 6.07) is 14.4. The molecule has 1 aliphatic carbocycles. The third-order valence-corrected chi connectivity index (χ3v) is 5.35. The van der Waals surface area contributed by atoms with Crippen molar-refractivity contribution in [1.29, 1.82) is 0 Å². The van der Waals surface area contributed by atoms with Gasteiger partial charge in [-0.25, -0.2) is 4.79 Å². The van der Waals surface area contributed by atoms with Gasteiger partial charge < -0.3 is 10.1 Å². The topological polar surface area (TPSA) is 68.3 Å². The van der Waals surface area contributed by atoms with Crippen LogP contribution in [0.15, 0.2) is 48.5 Å². The fourth-order valence-corrected chi connectivity index (χ4v) is 3.88. The second-order valence-corrected chi connectivity index (χ2v) is 7.62. The maximum atomic E-state index is 13.1. The molecule has 5 nitrogen and oxygen atoms in total. The zero-order valence-corrected chi connectivity index (χ0v) is 16.8. The lowest BCUT2D eigenvalue weighted by molar-refractivity contribution is -0.123. The second-order valence-electron chi connectivity index (χ2n) is 7.18. The van der Waals surface area contributed by atoms with Crippen LogP contribution in [0.1, 0.15) is 41.4 Å². The molecular weight excluding hydrogens is 388 g/mol. The molecule has 1 heterocycles. The number of esters is 1. The van der Waals surface area contributed by atoms with Crippen LogP contribution in [0.4, 0.5) is 5.69 Å². The van der Waals surface area contributed by atoms with E-state index in [-0.39, 0.29) is 0 Å². The summed E-state index contributed by atoms with van der Waals surface area (Å²) in [5.74, 6) is -0.900. The van der Waals surface area contributed by atoms with Crippen molar-refractivity contribution in [2.75, 3.05) is 5.32 Å². The van der Waals surface area contributed by atoms with Crippen molar-refractivity contribution < 1.29 is 14.3 Å². The highest BCUT2D eigenvalue weighted by atomic mass is 35.5. The first-order chi connectivity index (χ1) is 14.0. The fourth-order valence-electron chi connectivity index (χ4n) is 3.69. The minimum atomic E-state index is -0.951. The number of benzene rings is 2. The minimum Gasteiger partial charge on any atom is -0.449 e. The van der Waals surface area contributed by atoms with Gasteiger partial charge in [-0.2, -0.15) is 0 Å². The lowest BCUT2D eigenvalue weighted by Gasteiger charge is -2.21. The Labute approximate surface area is 174 Å². The third kappa shape index (κ3) is 4.10. The van der Waals surface area contributed by atoms with Crippen LogP contribution in [0.5, 0.6) is 0 Å². The van der Waals surface area contributed by atoms with Crippen LogP contribution in [0.25, 0.3) is 10.9 Å². The average Bonchev–Trinajstić information content (AvgIpc) is 2.71. The number of hydrogen-bond acceptors (Lipinski definition) is 4. The molecule has 3 aromatic rings. The summed E-state index contributed by atoms with van der Waals surface area (Å²) in [5, 5.41) is 4.01. The number of fused-ring (bicyclic) bond motifs is 2. The quantitative estimate of drug-likeness (QED) is 0.620. The minimum absolute atomic E-state index is 0.409. The fraction of sp³-hybridized carbons (Fsp3) is 0.261. The molecule has 0 radical (unpaired) electrons. The molecule has 0 saturated heterocycles. The molecule has 6 heteroatoms. The maximum absolute atomic E-state index is 13.1. The molecule has 4 rings (SSSR count). The molecule has 0 unspecified atom stereocenters. The first-order valence-corrected chi connectivity index (χ1v) is 10.1. The summed E-state index contributed by atoms with van der Waals surface area (Å²) >= 11 is 5.95. The van der Waals surface area contributed by atoms with Gasteiger partial charge in [-0.05, 0) is 62.4 Å². The predicted molar refractivity (Wildman–Crippen MR) is 113 cm³/mol. The number of hydrogen-bond donors (Lipinski definition) is 1. The number of pyridine rings is 1. The van der Waals surface area contributed by atoms with Crippen molar-refractivity contribution >= 4 is 40.1 Å². The first-order valence-electron chi connectivity index (χ1n) is 9.71. The van der Waals surface area contributed by atoms with Gasteiger partial charge in [-0.1, -0.05) is 35.9 Å². The van der Waals surface area contributed by atoms with Gasteiger partial charge in [0.2, 0.25) is 0 Å². The summed E-state index contributed by atoms with van der Waals surface area (Å²) in [6.45, 7) is 1.56. The smallest absolute Gasteiger partial charge is 0.339 e. The normalized spacial score (nSPS) is 14.1. The van der Waals surface area contributed by atoms with Crippen molar-refractivity contribution in [3.8, 4) is 0 Å². The van der Waals surface area contributed by atoms with E-state index in [0.717, 1.165) is 47.8 Å². The molecule has 0 saturated carbocycles. The third-order valence-electron chi connectivity index (χ3n) is 5.12. The zero-order chi connectivity index (χ0) is 20.4. The van der Waals surface area contributed by atoms with Crippen LogP contribution in [0, 0.1) is 0 Å². The monoisotopic (exact) mass is 408 g/mol. The summed E-state index contributed by atoms with van der Waals surface area (Å²) in [6.07, 6.45) is 2.77. The number of aryl methyl sites for hydroxylation is 1. The van der Waals surface area contributed by atoms with Crippen molar-refractivity contribution in [2.24, 2.45) is 0 Å². The van der Waals surface area contributed by atoms with Crippen LogP contribution in [-0.2, 0) is 22.4 Å². The van der Waals surface area contributed by atoms with E-state index in [1.54, 1.807) is 31.2 Å². The van der Waals surface area contributed by atoms with E-state index < -0.39 is 18.0 Å². The number of carbonyl (C=O) groups is 2. The van der Waals surface area contributed by atoms with E-state index in [2.05, 4.69) is 5.32 Å². The highest BCUT2D eigenvalue weighted by Gasteiger charge is 2.26. The van der Waals surface area contributed by atoms with Gasteiger partial charge in [-0.3, -0.25) is 9.78 Å². The molecule has 1 atom stereocenters. The number of aromatic nitrogens is 1. The van der Waals surface area contributed by atoms with Gasteiger partial charge in [0, 0.05) is 21.8 Å². The number of carbonyl (C=O) groups excluding carboxylic acids is 2. The number of nitrogens with one attached hydrogen (secondary N) is 1. The molecule has 1 N–H and O–H groups in total. The van der Waals surface area contributed by atoms with E-state index in [4.69, 9.17) is 21.3 Å². The van der Waals surface area contributed by atoms with E-state index in [0.29, 0.717) is 16.3 Å². The second kappa shape index (κ2) is 8.21. The van der Waals surface area contributed by atoms with Crippen LogP contribution in [-0.4, -0.2) is 23.0 Å². The van der Waals surface area contributed by atoms with Crippen molar-refractivity contribution in [1.82, 2.24) is 4.98 Å². The number of amides is 1. The Bertz CT molecular complexity index is 1100. The highest BCUT2D eigenvalue weighted by Crippen LogP contribution is 2.30. The Hall–Kier alpha value is -2.92. The summed E-state index contributed by atoms with van der Waals surface area (Å²) in [7, 11) is 0. The molecule has 1 aliphatic rings. The van der Waals surface area contributed by atoms with Gasteiger partial charge in [0.05, 0.1) is 11.1 Å². The van der Waals surface area contributed by atoms with Crippen LogP contribution >= 0.6 is 11.6 Å². The number of rotatable bonds is 4. The number of nitrogens with zero attached hydrogens (tertiary/aromatic N) is 1. The van der Waals surface area contributed by atoms with Crippen molar-refractivity contribution in [3.63, 3.8) is 0 Å². The molecular formula is C23H21ClN2O3. The van der Waals surface area contributed by atoms with Crippen LogP contribution in [0.2, 0.25) is 5.02 Å². The molecule has 148 valence electrons. The Balaban J connectivity index is 1.59. The molecule has 0 bridgehead atoms. The molecule has 0 spiro atoms. The number of anilines is 1. The van der Waals surface area contributed by atoms with Gasteiger partial charge in [-0.15, -0.1) is 0 Å². The van der Waals surface area contributed by atoms with E-state index in [1.165, 1.54) is 0 Å². The number of para-hydroxylation sites is 1. The van der Waals surface area contributed by atoms with Gasteiger partial charge >= 0.3 is 5.97 Å². The maximum Gasteiger partial charge on any atom is 0.339 e. The van der Waals surface area contributed by atoms with Crippen molar-refractivity contribution in [3.05, 3.63) is 70.4 Å². The Morgan fingerprint density at radius 3 is 2.72 bits per heavy atom. The van der Waals surface area contributed by atoms with E-state index >= 15 is 0 Å². The van der Waals surface area contributed by atoms with Gasteiger partial charge in [0.25, 0.3) is 5.91 Å². The lowest BCUT2D eigenvalue weighted by Crippen LogP contribution is -2.30. The van der Waals surface area contributed by atoms with Crippen molar-refractivity contribution in [2.45, 2.75) is 38.7 Å². The largest absolute Gasteiger partial charge is 0.449 e. The Morgan fingerprint density at radius 2 is 1.90 bits per heavy atom. The molecule has 2 aromatic carbocycles. The molecule has 0 fully saturated rings. The average molecular weight is 409 g/mol. The standard InChI is InChI=1S/C23H21ClN2O3/c1-14(22(27)25-16-8-6-7-15(24)13-16)29-23(28)21-17-9-2-4-11-19(17)26-20-12-5-3-10-18(20)21/h2,4,6-9,11,13-14H,3,5,10,12H2,1H3,(H,25,27)/t14-/m1/s1. The molecule has 1 amide bonds. The number of halogens is 1. The van der Waals surface area contributed by atoms with Gasteiger partial charge in [0.15, 0.2) is 6.10 Å². The predicted octanol–water partition coefficient (Wildman–Crippen LogP) is 4.95. The molecule has 1 aromatic heterocycles. The summed E-state index contributed by atoms with van der Waals surface area (Å²) in [5.41, 5.74) is 3.77. The SMILES string of the molecule is C[C@@H](OC(=O)c1c2c(nc3ccccc13)CCCC2)C(=O)Nc1cccc(Cl)c1. The van der Waals surface area contributed by atoms with Gasteiger partial charge in [0.1, 0.15) is 0 Å².